The van der Waals surface area contributed by atoms with Crippen LogP contribution >= 0.6 is 0 Å². The highest BCUT2D eigenvalue weighted by Crippen LogP contribution is 2.41. The molecule has 12 nitrogen and oxygen atoms in total. The van der Waals surface area contributed by atoms with E-state index in [4.69, 9.17) is 28.4 Å². The van der Waals surface area contributed by atoms with Crippen molar-refractivity contribution in [3.63, 3.8) is 0 Å². The Kier molecular flexibility index (Phi) is 12.1. The summed E-state index contributed by atoms with van der Waals surface area (Å²) >= 11 is 0. The van der Waals surface area contributed by atoms with Crippen molar-refractivity contribution >= 4 is 6.02 Å². The third-order valence-electron chi connectivity index (χ3n) is 9.94. The second-order valence-corrected chi connectivity index (χ2v) is 13.5. The minimum absolute atomic E-state index is 0.0956. The molecule has 12 heteroatoms. The first-order valence-corrected chi connectivity index (χ1v) is 17.9. The molecular weight excluding hydrogens is 680 g/mol. The molecule has 0 spiro atoms. The van der Waals surface area contributed by atoms with Crippen molar-refractivity contribution < 1.29 is 48.8 Å². The lowest BCUT2D eigenvalue weighted by Crippen LogP contribution is -2.65. The highest BCUT2D eigenvalue weighted by Gasteiger charge is 2.65. The van der Waals surface area contributed by atoms with Crippen LogP contribution in [0.4, 0.5) is 0 Å². The van der Waals surface area contributed by atoms with Crippen LogP contribution in [-0.2, 0) is 54.8 Å². The van der Waals surface area contributed by atoms with Gasteiger partial charge in [-0.05, 0) is 22.3 Å². The van der Waals surface area contributed by atoms with Gasteiger partial charge in [0, 0.05) is 0 Å². The molecule has 4 aromatic rings. The molecule has 5 N–H and O–H groups in total. The molecule has 0 radical (unpaired) electrons. The van der Waals surface area contributed by atoms with E-state index in [-0.39, 0.29) is 32.4 Å². The van der Waals surface area contributed by atoms with E-state index in [2.05, 4.69) is 10.3 Å². The van der Waals surface area contributed by atoms with Gasteiger partial charge in [0.15, 0.2) is 11.8 Å². The van der Waals surface area contributed by atoms with E-state index in [9.17, 15) is 20.4 Å². The van der Waals surface area contributed by atoms with Crippen molar-refractivity contribution in [3.8, 4) is 0 Å². The molecule has 0 unspecified atom stereocenters. The van der Waals surface area contributed by atoms with Crippen LogP contribution in [0.25, 0.3) is 0 Å². The Hall–Kier alpha value is -4.21. The van der Waals surface area contributed by atoms with Crippen molar-refractivity contribution in [1.82, 2.24) is 5.32 Å². The molecule has 0 bridgehead atoms. The summed E-state index contributed by atoms with van der Waals surface area (Å²) in [5.74, 6) is 0. The number of hydrogen-bond acceptors (Lipinski definition) is 12. The number of amidine groups is 1. The smallest absolute Gasteiger partial charge is 0.288 e. The first-order chi connectivity index (χ1) is 25.9. The second kappa shape index (κ2) is 17.3. The van der Waals surface area contributed by atoms with Gasteiger partial charge < -0.3 is 54.2 Å². The Labute approximate surface area is 308 Å². The predicted octanol–water partition coefficient (Wildman–Crippen LogP) is 2.86. The Bertz CT molecular complexity index is 1740. The molecule has 2 fully saturated rings. The fourth-order valence-corrected chi connectivity index (χ4v) is 7.08. The third kappa shape index (κ3) is 8.47. The van der Waals surface area contributed by atoms with Gasteiger partial charge in [0.2, 0.25) is 0 Å². The summed E-state index contributed by atoms with van der Waals surface area (Å²) in [4.78, 5) is 4.48. The second-order valence-electron chi connectivity index (χ2n) is 13.5. The first kappa shape index (κ1) is 37.1. The molecule has 1 saturated heterocycles. The Morgan fingerprint density at radius 3 is 1.57 bits per heavy atom. The molecule has 280 valence electrons. The zero-order chi connectivity index (χ0) is 36.6. The maximum Gasteiger partial charge on any atom is 0.288 e. The molecule has 7 rings (SSSR count). The van der Waals surface area contributed by atoms with E-state index in [1.165, 1.54) is 0 Å². The lowest BCUT2D eigenvalue weighted by atomic mass is 9.96. The Morgan fingerprint density at radius 1 is 0.604 bits per heavy atom. The maximum absolute atomic E-state index is 10.8. The van der Waals surface area contributed by atoms with Crippen molar-refractivity contribution in [2.24, 2.45) is 4.99 Å². The third-order valence-corrected chi connectivity index (χ3v) is 9.94. The van der Waals surface area contributed by atoms with Crippen LogP contribution in [0.15, 0.2) is 126 Å². The van der Waals surface area contributed by atoms with Crippen LogP contribution in [-0.4, -0.2) is 100 Å². The monoisotopic (exact) mass is 726 g/mol. The standard InChI is InChI=1S/C41H46N2O10/c44-26-41-37(32(45)33(46)38(41)47)42-40(53-41)43-39-36(51-24-30-19-11-4-12-20-30)35(50-23-29-17-9-3-10-18-29)34(49-22-28-15-7-2-8-16-28)31(52-39)25-48-21-27-13-5-1-6-14-27/h1-20,31-39,44-47H,21-26H2,(H,42,43)/t31-,32+,33+,34-,35+,36-,37+,38+,39+,41+/m1/s1. The van der Waals surface area contributed by atoms with Crippen molar-refractivity contribution in [3.05, 3.63) is 144 Å². The van der Waals surface area contributed by atoms with Gasteiger partial charge in [-0.25, -0.2) is 4.99 Å². The molecule has 1 aliphatic carbocycles. The fourth-order valence-electron chi connectivity index (χ4n) is 7.08. The summed E-state index contributed by atoms with van der Waals surface area (Å²) in [6.07, 6.45) is -8.52. The number of aliphatic imine (C=N–C) groups is 1. The molecule has 1 saturated carbocycles. The average molecular weight is 727 g/mol. The van der Waals surface area contributed by atoms with Gasteiger partial charge in [-0.2, -0.15) is 0 Å². The molecule has 53 heavy (non-hydrogen) atoms. The zero-order valence-electron chi connectivity index (χ0n) is 29.2. The summed E-state index contributed by atoms with van der Waals surface area (Å²) in [5.41, 5.74) is 2.08. The van der Waals surface area contributed by atoms with E-state index in [0.29, 0.717) is 6.61 Å². The molecule has 10 atom stereocenters. The molecular formula is C41H46N2O10. The van der Waals surface area contributed by atoms with Gasteiger partial charge >= 0.3 is 0 Å². The summed E-state index contributed by atoms with van der Waals surface area (Å²) in [6.45, 7) is 0.489. The molecule has 3 aliphatic rings. The minimum Gasteiger partial charge on any atom is -0.451 e. The molecule has 0 aromatic heterocycles. The number of hydrogen-bond donors (Lipinski definition) is 5. The predicted molar refractivity (Wildman–Crippen MR) is 193 cm³/mol. The van der Waals surface area contributed by atoms with E-state index >= 15 is 0 Å². The number of fused-ring (bicyclic) bond motifs is 1. The first-order valence-electron chi connectivity index (χ1n) is 17.9. The largest absolute Gasteiger partial charge is 0.451 e. The number of benzene rings is 4. The summed E-state index contributed by atoms with van der Waals surface area (Å²) in [5, 5.41) is 45.4. The normalized spacial score (nSPS) is 30.7. The quantitative estimate of drug-likeness (QED) is 0.123. The number of ether oxygens (including phenoxy) is 6. The highest BCUT2D eigenvalue weighted by atomic mass is 16.6. The topological polar surface area (TPSA) is 161 Å². The van der Waals surface area contributed by atoms with Gasteiger partial charge in [-0.15, -0.1) is 0 Å². The number of aliphatic hydroxyl groups is 4. The Balaban J connectivity index is 1.22. The summed E-state index contributed by atoms with van der Waals surface area (Å²) < 4.78 is 39.2. The molecule has 4 aromatic carbocycles. The van der Waals surface area contributed by atoms with Crippen molar-refractivity contribution in [2.75, 3.05) is 13.2 Å². The molecule has 2 aliphatic heterocycles. The minimum atomic E-state index is -1.75. The van der Waals surface area contributed by atoms with E-state index in [1.807, 2.05) is 121 Å². The number of nitrogens with zero attached hydrogens (tertiary/aromatic N) is 1. The lowest BCUT2D eigenvalue weighted by Gasteiger charge is -2.46. The van der Waals surface area contributed by atoms with Gasteiger partial charge in [-0.3, -0.25) is 0 Å². The fraction of sp³-hybridized carbons (Fsp3) is 0.390. The summed E-state index contributed by atoms with van der Waals surface area (Å²) in [6, 6.07) is 37.9. The number of nitrogens with one attached hydrogen (secondary N) is 1. The van der Waals surface area contributed by atoms with Crippen LogP contribution < -0.4 is 5.32 Å². The van der Waals surface area contributed by atoms with E-state index in [0.717, 1.165) is 22.3 Å². The number of rotatable bonds is 15. The average Bonchev–Trinajstić information content (AvgIpc) is 3.66. The highest BCUT2D eigenvalue weighted by molar-refractivity contribution is 5.77. The molecule has 2 heterocycles. The van der Waals surface area contributed by atoms with Crippen molar-refractivity contribution in [1.29, 1.82) is 0 Å². The summed E-state index contributed by atoms with van der Waals surface area (Å²) in [7, 11) is 0. The molecule has 0 amide bonds. The van der Waals surface area contributed by atoms with Gasteiger partial charge in [0.25, 0.3) is 6.02 Å². The van der Waals surface area contributed by atoms with Crippen LogP contribution in [0.2, 0.25) is 0 Å². The van der Waals surface area contributed by atoms with E-state index < -0.39 is 67.2 Å². The van der Waals surface area contributed by atoms with Gasteiger partial charge in [-0.1, -0.05) is 121 Å². The Morgan fingerprint density at radius 2 is 1.08 bits per heavy atom. The van der Waals surface area contributed by atoms with Crippen LogP contribution in [0, 0.1) is 0 Å². The van der Waals surface area contributed by atoms with Crippen LogP contribution in [0.1, 0.15) is 22.3 Å². The lowest BCUT2D eigenvalue weighted by molar-refractivity contribution is -0.276. The van der Waals surface area contributed by atoms with Gasteiger partial charge in [0.1, 0.15) is 48.8 Å². The SMILES string of the molecule is OC[C@]12OC(N[C@H]3O[C@H](COCc4ccccc4)[C@@H](OCc4ccccc4)[C@H](OCc4ccccc4)[C@H]3OCc3ccccc3)=N[C@H]1[C@@H](O)[C@H](O)[C@@H]2O. The van der Waals surface area contributed by atoms with Crippen LogP contribution in [0.3, 0.4) is 0 Å². The zero-order valence-corrected chi connectivity index (χ0v) is 29.2. The van der Waals surface area contributed by atoms with Gasteiger partial charge in [0.05, 0.1) is 39.6 Å². The van der Waals surface area contributed by atoms with Crippen molar-refractivity contribution in [2.45, 2.75) is 87.0 Å². The van der Waals surface area contributed by atoms with E-state index in [1.54, 1.807) is 0 Å². The maximum atomic E-state index is 10.8. The van der Waals surface area contributed by atoms with Crippen LogP contribution in [0.5, 0.6) is 0 Å². The number of aliphatic hydroxyl groups excluding tert-OH is 4.